The molecule has 9 heteroatoms. The lowest BCUT2D eigenvalue weighted by Crippen LogP contribution is -2.36. The van der Waals surface area contributed by atoms with Crippen molar-refractivity contribution in [2.24, 2.45) is 4.99 Å². The second-order valence-electron chi connectivity index (χ2n) is 6.55. The van der Waals surface area contributed by atoms with Gasteiger partial charge in [-0.15, -0.1) is 11.3 Å². The second-order valence-corrected chi connectivity index (χ2v) is 7.39. The number of amides is 2. The smallest absolute Gasteiger partial charge is 0.314 e. The lowest BCUT2D eigenvalue weighted by atomic mass is 10.1. The quantitative estimate of drug-likeness (QED) is 0.533. The largest absolute Gasteiger partial charge is 0.338 e. The summed E-state index contributed by atoms with van der Waals surface area (Å²) < 4.78 is 28.4. The van der Waals surface area contributed by atoms with Gasteiger partial charge in [0.05, 0.1) is 6.20 Å². The van der Waals surface area contributed by atoms with E-state index in [1.807, 2.05) is 12.3 Å². The van der Waals surface area contributed by atoms with Crippen LogP contribution >= 0.6 is 11.3 Å². The van der Waals surface area contributed by atoms with Crippen molar-refractivity contribution >= 4 is 23.2 Å². The van der Waals surface area contributed by atoms with E-state index in [4.69, 9.17) is 0 Å². The lowest BCUT2D eigenvalue weighted by molar-refractivity contribution is 0.241. The summed E-state index contributed by atoms with van der Waals surface area (Å²) in [6.45, 7) is 3.58. The molecule has 2 heterocycles. The van der Waals surface area contributed by atoms with E-state index < -0.39 is 5.82 Å². The number of hydrogen-bond acceptors (Lipinski definition) is 4. The van der Waals surface area contributed by atoms with Gasteiger partial charge in [0.25, 0.3) is 0 Å². The standard InChI is InChI=1S/C21H23F2N5OS/c1-2-24-20(29)25-10-3-11-28-18(12-15-4-6-16(22)7-5-15)14-30-21(28)27-19-9-8-17(23)13-26-19/h4-9,13-14H,2-3,10-12H2,1H3,(H2,24,25,29). The molecule has 0 unspecified atom stereocenters. The van der Waals surface area contributed by atoms with E-state index >= 15 is 0 Å². The molecule has 2 aromatic heterocycles. The first kappa shape index (κ1) is 21.6. The van der Waals surface area contributed by atoms with E-state index in [1.165, 1.54) is 35.6 Å². The highest BCUT2D eigenvalue weighted by Gasteiger charge is 2.08. The van der Waals surface area contributed by atoms with Gasteiger partial charge >= 0.3 is 6.03 Å². The molecule has 0 bridgehead atoms. The molecule has 0 fully saturated rings. The molecule has 2 amide bonds. The Labute approximate surface area is 177 Å². The van der Waals surface area contributed by atoms with Crippen molar-refractivity contribution in [2.75, 3.05) is 13.1 Å². The van der Waals surface area contributed by atoms with Crippen LogP contribution in [0.4, 0.5) is 19.4 Å². The maximum Gasteiger partial charge on any atom is 0.314 e. The third kappa shape index (κ3) is 6.21. The predicted octanol–water partition coefficient (Wildman–Crippen LogP) is 3.76. The Morgan fingerprint density at radius 2 is 1.90 bits per heavy atom. The first-order chi connectivity index (χ1) is 14.5. The number of aromatic nitrogens is 2. The number of carbonyl (C=O) groups excluding carboxylic acids is 1. The van der Waals surface area contributed by atoms with Crippen LogP contribution in [0.15, 0.2) is 53.0 Å². The Morgan fingerprint density at radius 3 is 2.60 bits per heavy atom. The molecule has 0 aliphatic carbocycles. The molecule has 158 valence electrons. The lowest BCUT2D eigenvalue weighted by Gasteiger charge is -2.10. The first-order valence-corrected chi connectivity index (χ1v) is 10.5. The molecule has 0 aliphatic rings. The van der Waals surface area contributed by atoms with Gasteiger partial charge in [-0.25, -0.2) is 23.6 Å². The molecular weight excluding hydrogens is 408 g/mol. The second kappa shape index (κ2) is 10.6. The molecule has 0 spiro atoms. The van der Waals surface area contributed by atoms with Crippen LogP contribution in [0.5, 0.6) is 0 Å². The predicted molar refractivity (Wildman–Crippen MR) is 113 cm³/mol. The Kier molecular flexibility index (Phi) is 7.67. The molecule has 0 atom stereocenters. The van der Waals surface area contributed by atoms with Gasteiger partial charge < -0.3 is 15.2 Å². The average Bonchev–Trinajstić information content (AvgIpc) is 3.10. The summed E-state index contributed by atoms with van der Waals surface area (Å²) in [6.07, 6.45) is 2.45. The summed E-state index contributed by atoms with van der Waals surface area (Å²) in [5, 5.41) is 7.51. The number of urea groups is 1. The minimum atomic E-state index is -0.415. The molecular formula is C21H23F2N5OS. The van der Waals surface area contributed by atoms with Crippen LogP contribution in [0.1, 0.15) is 24.6 Å². The minimum absolute atomic E-state index is 0.195. The number of hydrogen-bond donors (Lipinski definition) is 2. The molecule has 2 N–H and O–H groups in total. The Bertz CT molecular complexity index is 1030. The maximum atomic E-state index is 13.2. The van der Waals surface area contributed by atoms with Crippen molar-refractivity contribution < 1.29 is 13.6 Å². The fourth-order valence-electron chi connectivity index (χ4n) is 2.84. The monoisotopic (exact) mass is 431 g/mol. The Balaban J connectivity index is 1.81. The summed E-state index contributed by atoms with van der Waals surface area (Å²) in [5.74, 6) is -0.270. The van der Waals surface area contributed by atoms with Crippen LogP contribution in [-0.2, 0) is 13.0 Å². The van der Waals surface area contributed by atoms with Crippen LogP contribution in [0.2, 0.25) is 0 Å². The fourth-order valence-corrected chi connectivity index (χ4v) is 3.77. The van der Waals surface area contributed by atoms with Crippen molar-refractivity contribution in [2.45, 2.75) is 26.3 Å². The van der Waals surface area contributed by atoms with Crippen LogP contribution in [0.25, 0.3) is 0 Å². The zero-order chi connectivity index (χ0) is 21.3. The molecule has 0 saturated carbocycles. The molecule has 30 heavy (non-hydrogen) atoms. The van der Waals surface area contributed by atoms with Crippen molar-refractivity contribution in [3.05, 3.63) is 75.7 Å². The molecule has 1 aromatic carbocycles. The summed E-state index contributed by atoms with van der Waals surface area (Å²) >= 11 is 1.46. The van der Waals surface area contributed by atoms with Gasteiger partial charge in [-0.3, -0.25) is 0 Å². The van der Waals surface area contributed by atoms with Gasteiger partial charge in [-0.05, 0) is 43.2 Å². The van der Waals surface area contributed by atoms with Gasteiger partial charge in [-0.1, -0.05) is 12.1 Å². The highest BCUT2D eigenvalue weighted by Crippen LogP contribution is 2.14. The number of pyridine rings is 1. The van der Waals surface area contributed by atoms with Crippen molar-refractivity contribution in [3.63, 3.8) is 0 Å². The number of thiazole rings is 1. The highest BCUT2D eigenvalue weighted by atomic mass is 32.1. The van der Waals surface area contributed by atoms with Gasteiger partial charge in [0, 0.05) is 37.1 Å². The summed E-state index contributed by atoms with van der Waals surface area (Å²) in [4.78, 5) is 20.8. The topological polar surface area (TPSA) is 71.3 Å². The number of nitrogens with one attached hydrogen (secondary N) is 2. The van der Waals surface area contributed by atoms with E-state index in [-0.39, 0.29) is 11.8 Å². The van der Waals surface area contributed by atoms with E-state index in [9.17, 15) is 13.6 Å². The number of nitrogens with zero attached hydrogens (tertiary/aromatic N) is 3. The number of benzene rings is 1. The zero-order valence-corrected chi connectivity index (χ0v) is 17.4. The number of halogens is 2. The molecule has 0 radical (unpaired) electrons. The maximum absolute atomic E-state index is 13.2. The van der Waals surface area contributed by atoms with Crippen molar-refractivity contribution in [3.8, 4) is 0 Å². The normalized spacial score (nSPS) is 11.5. The molecule has 0 saturated heterocycles. The number of rotatable bonds is 8. The zero-order valence-electron chi connectivity index (χ0n) is 16.6. The third-order valence-corrected chi connectivity index (χ3v) is 5.19. The van der Waals surface area contributed by atoms with Crippen molar-refractivity contribution in [1.29, 1.82) is 0 Å². The van der Waals surface area contributed by atoms with Crippen molar-refractivity contribution in [1.82, 2.24) is 20.2 Å². The minimum Gasteiger partial charge on any atom is -0.338 e. The number of carbonyl (C=O) groups is 1. The van der Waals surface area contributed by atoms with Gasteiger partial charge in [0.1, 0.15) is 11.6 Å². The first-order valence-electron chi connectivity index (χ1n) is 9.65. The van der Waals surface area contributed by atoms with E-state index in [2.05, 4.69) is 25.2 Å². The van der Waals surface area contributed by atoms with E-state index in [0.29, 0.717) is 38.3 Å². The van der Waals surface area contributed by atoms with Crippen LogP contribution < -0.4 is 15.4 Å². The molecule has 0 aliphatic heterocycles. The summed E-state index contributed by atoms with van der Waals surface area (Å²) in [7, 11) is 0. The molecule has 6 nitrogen and oxygen atoms in total. The van der Waals surface area contributed by atoms with Gasteiger partial charge in [0.2, 0.25) is 0 Å². The van der Waals surface area contributed by atoms with Crippen LogP contribution in [0.3, 0.4) is 0 Å². The Hall–Kier alpha value is -3.07. The molecule has 3 rings (SSSR count). The van der Waals surface area contributed by atoms with Crippen LogP contribution in [-0.4, -0.2) is 28.7 Å². The van der Waals surface area contributed by atoms with Gasteiger partial charge in [-0.2, -0.15) is 0 Å². The fraction of sp³-hybridized carbons (Fsp3) is 0.286. The summed E-state index contributed by atoms with van der Waals surface area (Å²) in [5.41, 5.74) is 2.00. The van der Waals surface area contributed by atoms with E-state index in [1.54, 1.807) is 12.1 Å². The van der Waals surface area contributed by atoms with E-state index in [0.717, 1.165) is 22.3 Å². The van der Waals surface area contributed by atoms with Crippen LogP contribution in [0, 0.1) is 11.6 Å². The van der Waals surface area contributed by atoms with Gasteiger partial charge in [0.15, 0.2) is 10.6 Å². The summed E-state index contributed by atoms with van der Waals surface area (Å²) in [6, 6.07) is 9.04. The SMILES string of the molecule is CCNC(=O)NCCCn1c(Cc2ccc(F)cc2)csc1=Nc1ccc(F)cn1. The Morgan fingerprint density at radius 1 is 1.13 bits per heavy atom. The average molecular weight is 432 g/mol. The highest BCUT2D eigenvalue weighted by molar-refractivity contribution is 7.07. The third-order valence-electron chi connectivity index (χ3n) is 4.28. The molecule has 3 aromatic rings.